The summed E-state index contributed by atoms with van der Waals surface area (Å²) in [7, 11) is 0. The number of carbonyl (C=O) groups excluding carboxylic acids is 2. The molecule has 1 aromatic heterocycles. The topological polar surface area (TPSA) is 112 Å². The van der Waals surface area contributed by atoms with Crippen molar-refractivity contribution in [1.82, 2.24) is 15.1 Å². The molecule has 2 aromatic carbocycles. The number of hydrogen-bond donors (Lipinski definition) is 3. The third-order valence-electron chi connectivity index (χ3n) is 7.01. The Hall–Kier alpha value is -3.20. The molecule has 38 heavy (non-hydrogen) atoms. The van der Waals surface area contributed by atoms with Crippen molar-refractivity contribution in [2.24, 2.45) is 5.73 Å². The molecule has 8 heteroatoms. The molecule has 2 heterocycles. The van der Waals surface area contributed by atoms with E-state index in [1.807, 2.05) is 75.4 Å². The third kappa shape index (κ3) is 7.43. The lowest BCUT2D eigenvalue weighted by Crippen LogP contribution is -2.65. The largest absolute Gasteiger partial charge is 0.460 e. The van der Waals surface area contributed by atoms with Gasteiger partial charge >= 0.3 is 0 Å². The third-order valence-corrected chi connectivity index (χ3v) is 7.01. The predicted molar refractivity (Wildman–Crippen MR) is 148 cm³/mol. The zero-order valence-electron chi connectivity index (χ0n) is 22.6. The molecule has 0 saturated carbocycles. The number of benzene rings is 2. The van der Waals surface area contributed by atoms with Crippen LogP contribution in [0.5, 0.6) is 0 Å². The summed E-state index contributed by atoms with van der Waals surface area (Å²) in [6.07, 6.45) is 0.0928. The highest BCUT2D eigenvalue weighted by Crippen LogP contribution is 2.25. The van der Waals surface area contributed by atoms with Crippen molar-refractivity contribution in [3.8, 4) is 0 Å². The molecule has 1 saturated heterocycles. The maximum atomic E-state index is 13.6. The molecule has 0 bridgehead atoms. The monoisotopic (exact) mass is 520 g/mol. The molecule has 8 nitrogen and oxygen atoms in total. The molecular formula is C30H40N4O4. The van der Waals surface area contributed by atoms with Gasteiger partial charge in [0, 0.05) is 43.0 Å². The van der Waals surface area contributed by atoms with Crippen LogP contribution in [0.3, 0.4) is 0 Å². The fourth-order valence-corrected chi connectivity index (χ4v) is 5.23. The van der Waals surface area contributed by atoms with Gasteiger partial charge in [-0.2, -0.15) is 0 Å². The summed E-state index contributed by atoms with van der Waals surface area (Å²) in [6, 6.07) is 19.1. The fraction of sp³-hybridized carbons (Fsp3) is 0.467. The van der Waals surface area contributed by atoms with Crippen LogP contribution in [0.2, 0.25) is 0 Å². The minimum atomic E-state index is -0.811. The van der Waals surface area contributed by atoms with Gasteiger partial charge in [0.25, 0.3) is 0 Å². The first-order chi connectivity index (χ1) is 18.1. The van der Waals surface area contributed by atoms with Crippen LogP contribution in [-0.4, -0.2) is 70.1 Å². The van der Waals surface area contributed by atoms with Gasteiger partial charge in [-0.3, -0.25) is 19.4 Å². The molecule has 4 N–H and O–H groups in total. The summed E-state index contributed by atoms with van der Waals surface area (Å²) in [4.78, 5) is 29.5. The minimum Gasteiger partial charge on any atom is -0.460 e. The number of nitrogens with zero attached hydrogens (tertiary/aromatic N) is 2. The smallest absolute Gasteiger partial charge is 0.239 e. The Bertz CT molecular complexity index is 1190. The van der Waals surface area contributed by atoms with Crippen LogP contribution >= 0.6 is 0 Å². The number of carbonyl (C=O) groups is 2. The van der Waals surface area contributed by atoms with Crippen molar-refractivity contribution in [2.75, 3.05) is 19.6 Å². The molecule has 0 radical (unpaired) electrons. The standard InChI is InChI=1S/C30H40N4O4/c1-30(2,3)32-29(37)25-20-33(19-23-18-22-11-7-8-12-27(22)38-23)15-16-34(25)24(26(35)13-14-28(31)36)17-21-9-5-4-6-10-21/h4-12,18,24-26,35H,13-17,19-20H2,1-3H3,(H2,31,36)(H,32,37)/t24?,25-,26-/m0/s1. The van der Waals surface area contributed by atoms with E-state index in [9.17, 15) is 14.7 Å². The number of rotatable bonds is 10. The summed E-state index contributed by atoms with van der Waals surface area (Å²) >= 11 is 0. The number of primary amides is 1. The molecule has 0 aliphatic carbocycles. The Kier molecular flexibility index (Phi) is 8.87. The van der Waals surface area contributed by atoms with Crippen molar-refractivity contribution in [2.45, 2.75) is 70.3 Å². The average Bonchev–Trinajstić information content (AvgIpc) is 3.28. The number of furan rings is 1. The van der Waals surface area contributed by atoms with E-state index in [4.69, 9.17) is 10.2 Å². The van der Waals surface area contributed by atoms with Crippen LogP contribution in [0, 0.1) is 0 Å². The lowest BCUT2D eigenvalue weighted by atomic mass is 9.93. The van der Waals surface area contributed by atoms with E-state index >= 15 is 0 Å². The highest BCUT2D eigenvalue weighted by molar-refractivity contribution is 5.83. The van der Waals surface area contributed by atoms with Gasteiger partial charge in [0.2, 0.25) is 11.8 Å². The summed E-state index contributed by atoms with van der Waals surface area (Å²) in [5.41, 5.74) is 6.91. The Morgan fingerprint density at radius 3 is 2.50 bits per heavy atom. The summed E-state index contributed by atoms with van der Waals surface area (Å²) < 4.78 is 6.05. The molecule has 4 rings (SSSR count). The van der Waals surface area contributed by atoms with E-state index in [2.05, 4.69) is 21.2 Å². The number of nitrogens with one attached hydrogen (secondary N) is 1. The maximum Gasteiger partial charge on any atom is 0.239 e. The predicted octanol–water partition coefficient (Wildman–Crippen LogP) is 3.07. The number of amides is 2. The van der Waals surface area contributed by atoms with Crippen LogP contribution in [0.4, 0.5) is 0 Å². The number of aliphatic hydroxyl groups excluding tert-OH is 1. The van der Waals surface area contributed by atoms with E-state index < -0.39 is 23.6 Å². The Labute approximate surface area is 224 Å². The molecule has 204 valence electrons. The number of piperazine rings is 1. The van der Waals surface area contributed by atoms with Gasteiger partial charge in [0.15, 0.2) is 0 Å². The number of aliphatic hydroxyl groups is 1. The van der Waals surface area contributed by atoms with Crippen LogP contribution in [0.1, 0.15) is 44.9 Å². The second-order valence-electron chi connectivity index (χ2n) is 11.3. The number of para-hydroxylation sites is 1. The molecular weight excluding hydrogens is 480 g/mol. The molecule has 0 spiro atoms. The normalized spacial score (nSPS) is 18.8. The quantitative estimate of drug-likeness (QED) is 0.379. The van der Waals surface area contributed by atoms with E-state index in [1.54, 1.807) is 0 Å². The zero-order chi connectivity index (χ0) is 27.3. The van der Waals surface area contributed by atoms with Crippen molar-refractivity contribution in [3.05, 3.63) is 72.0 Å². The molecule has 1 aliphatic heterocycles. The minimum absolute atomic E-state index is 0.0769. The highest BCUT2D eigenvalue weighted by atomic mass is 16.3. The van der Waals surface area contributed by atoms with Gasteiger partial charge in [0.1, 0.15) is 17.4 Å². The van der Waals surface area contributed by atoms with Gasteiger partial charge in [-0.15, -0.1) is 0 Å². The number of hydrogen-bond acceptors (Lipinski definition) is 6. The molecule has 1 fully saturated rings. The molecule has 3 aromatic rings. The first-order valence-electron chi connectivity index (χ1n) is 13.4. The molecule has 1 unspecified atom stereocenters. The fourth-order valence-electron chi connectivity index (χ4n) is 5.23. The van der Waals surface area contributed by atoms with E-state index in [1.165, 1.54) is 0 Å². The lowest BCUT2D eigenvalue weighted by Gasteiger charge is -2.46. The molecule has 1 aliphatic rings. The van der Waals surface area contributed by atoms with Crippen LogP contribution in [0.15, 0.2) is 65.1 Å². The van der Waals surface area contributed by atoms with Gasteiger partial charge < -0.3 is 20.6 Å². The van der Waals surface area contributed by atoms with Gasteiger partial charge in [-0.25, -0.2) is 0 Å². The van der Waals surface area contributed by atoms with Crippen LogP contribution in [0.25, 0.3) is 11.0 Å². The van der Waals surface area contributed by atoms with Crippen molar-refractivity contribution < 1.29 is 19.1 Å². The van der Waals surface area contributed by atoms with Crippen molar-refractivity contribution in [3.63, 3.8) is 0 Å². The summed E-state index contributed by atoms with van der Waals surface area (Å²) in [5.74, 6) is 0.337. The average molecular weight is 521 g/mol. The lowest BCUT2D eigenvalue weighted by molar-refractivity contribution is -0.134. The summed E-state index contributed by atoms with van der Waals surface area (Å²) in [6.45, 7) is 8.29. The van der Waals surface area contributed by atoms with E-state index in [-0.39, 0.29) is 24.8 Å². The first kappa shape index (κ1) is 27.8. The van der Waals surface area contributed by atoms with E-state index in [0.29, 0.717) is 32.6 Å². The van der Waals surface area contributed by atoms with Gasteiger partial charge in [0.05, 0.1) is 12.6 Å². The Balaban J connectivity index is 1.58. The summed E-state index contributed by atoms with van der Waals surface area (Å²) in [5, 5.41) is 15.5. The molecule has 2 amide bonds. The van der Waals surface area contributed by atoms with Gasteiger partial charge in [-0.1, -0.05) is 48.5 Å². The number of fused-ring (bicyclic) bond motifs is 1. The van der Waals surface area contributed by atoms with Crippen LogP contribution in [-0.2, 0) is 22.6 Å². The highest BCUT2D eigenvalue weighted by Gasteiger charge is 2.40. The zero-order valence-corrected chi connectivity index (χ0v) is 22.6. The van der Waals surface area contributed by atoms with Crippen LogP contribution < -0.4 is 11.1 Å². The second kappa shape index (κ2) is 12.1. The second-order valence-corrected chi connectivity index (χ2v) is 11.3. The van der Waals surface area contributed by atoms with Crippen molar-refractivity contribution in [1.29, 1.82) is 0 Å². The van der Waals surface area contributed by atoms with Crippen molar-refractivity contribution >= 4 is 22.8 Å². The Morgan fingerprint density at radius 2 is 1.82 bits per heavy atom. The maximum absolute atomic E-state index is 13.6. The van der Waals surface area contributed by atoms with E-state index in [0.717, 1.165) is 22.3 Å². The SMILES string of the molecule is CC(C)(C)NC(=O)[C@@H]1CN(Cc2cc3ccccc3o2)CCN1C(Cc1ccccc1)[C@@H](O)CCC(N)=O. The number of nitrogens with two attached hydrogens (primary N) is 1. The first-order valence-corrected chi connectivity index (χ1v) is 13.4. The Morgan fingerprint density at radius 1 is 1.11 bits per heavy atom. The van der Waals surface area contributed by atoms with Gasteiger partial charge in [-0.05, 0) is 51.3 Å². The molecule has 3 atom stereocenters.